The summed E-state index contributed by atoms with van der Waals surface area (Å²) in [7, 11) is 1.80. The zero-order chi connectivity index (χ0) is 17.9. The van der Waals surface area contributed by atoms with Crippen molar-refractivity contribution in [3.63, 3.8) is 0 Å². The molecule has 0 saturated heterocycles. The molecule has 0 N–H and O–H groups in total. The van der Waals surface area contributed by atoms with Crippen molar-refractivity contribution < 1.29 is 9.53 Å². The van der Waals surface area contributed by atoms with Crippen LogP contribution < -0.4 is 0 Å². The van der Waals surface area contributed by atoms with Crippen LogP contribution in [-0.4, -0.2) is 50.7 Å². The van der Waals surface area contributed by atoms with Gasteiger partial charge in [0.15, 0.2) is 0 Å². The number of benzene rings is 2. The first kappa shape index (κ1) is 16.4. The van der Waals surface area contributed by atoms with E-state index < -0.39 is 0 Å². The van der Waals surface area contributed by atoms with Crippen LogP contribution in [0, 0.1) is 0 Å². The number of rotatable bonds is 4. The summed E-state index contributed by atoms with van der Waals surface area (Å²) in [5.74, 6) is -0.0533. The van der Waals surface area contributed by atoms with E-state index in [-0.39, 0.29) is 12.0 Å². The van der Waals surface area contributed by atoms with Gasteiger partial charge in [-0.15, -0.1) is 5.10 Å². The molecule has 1 aliphatic heterocycles. The van der Waals surface area contributed by atoms with Gasteiger partial charge in [-0.05, 0) is 39.8 Å². The van der Waals surface area contributed by atoms with Gasteiger partial charge in [-0.1, -0.05) is 30.3 Å². The molecule has 132 valence electrons. The minimum absolute atomic E-state index is 0.00143. The van der Waals surface area contributed by atoms with Gasteiger partial charge in [-0.2, -0.15) is 0 Å². The van der Waals surface area contributed by atoms with Crippen molar-refractivity contribution in [1.82, 2.24) is 25.1 Å². The van der Waals surface area contributed by atoms with E-state index in [0.717, 1.165) is 12.1 Å². The number of hydrogen-bond acceptors (Lipinski definition) is 5. The average Bonchev–Trinajstić information content (AvgIpc) is 3.22. The second-order valence-electron chi connectivity index (χ2n) is 6.40. The predicted molar refractivity (Wildman–Crippen MR) is 94.8 cm³/mol. The molecule has 3 aromatic rings. The monoisotopic (exact) mass is 349 g/mol. The van der Waals surface area contributed by atoms with E-state index in [4.69, 9.17) is 4.74 Å². The predicted octanol–water partition coefficient (Wildman–Crippen LogP) is 1.88. The fraction of sp³-hybridized carbons (Fsp3) is 0.263. The van der Waals surface area contributed by atoms with E-state index in [1.807, 2.05) is 24.3 Å². The molecular formula is C19H19N5O2. The van der Waals surface area contributed by atoms with Crippen molar-refractivity contribution in [3.05, 3.63) is 71.5 Å². The Kier molecular flexibility index (Phi) is 4.45. The number of hydrogen-bond donors (Lipinski definition) is 0. The highest BCUT2D eigenvalue weighted by atomic mass is 16.5. The van der Waals surface area contributed by atoms with E-state index in [1.54, 1.807) is 24.1 Å². The van der Waals surface area contributed by atoms with Gasteiger partial charge in [0.1, 0.15) is 6.33 Å². The minimum Gasteiger partial charge on any atom is -0.371 e. The molecule has 0 spiro atoms. The molecule has 1 unspecified atom stereocenters. The molecule has 2 heterocycles. The van der Waals surface area contributed by atoms with Crippen LogP contribution in [0.4, 0.5) is 0 Å². The lowest BCUT2D eigenvalue weighted by Gasteiger charge is -2.29. The molecule has 26 heavy (non-hydrogen) atoms. The Balaban J connectivity index is 1.45. The molecule has 1 aromatic heterocycles. The Bertz CT molecular complexity index is 910. The summed E-state index contributed by atoms with van der Waals surface area (Å²) >= 11 is 0. The molecular weight excluding hydrogens is 330 g/mol. The second-order valence-corrected chi connectivity index (χ2v) is 6.40. The van der Waals surface area contributed by atoms with Gasteiger partial charge < -0.3 is 9.64 Å². The molecule has 1 amide bonds. The van der Waals surface area contributed by atoms with Crippen molar-refractivity contribution in [2.24, 2.45) is 0 Å². The fourth-order valence-electron chi connectivity index (χ4n) is 3.20. The van der Waals surface area contributed by atoms with Crippen LogP contribution in [-0.2, 0) is 17.8 Å². The van der Waals surface area contributed by atoms with Gasteiger partial charge in [0, 0.05) is 25.6 Å². The molecule has 1 aliphatic rings. The molecule has 0 saturated carbocycles. The van der Waals surface area contributed by atoms with Gasteiger partial charge >= 0.3 is 0 Å². The van der Waals surface area contributed by atoms with Crippen LogP contribution in [0.15, 0.2) is 54.9 Å². The van der Waals surface area contributed by atoms with Gasteiger partial charge in [0.05, 0.1) is 18.4 Å². The van der Waals surface area contributed by atoms with Crippen LogP contribution in [0.2, 0.25) is 0 Å². The summed E-state index contributed by atoms with van der Waals surface area (Å²) in [6.45, 7) is 1.14. The van der Waals surface area contributed by atoms with Crippen molar-refractivity contribution in [3.8, 4) is 5.69 Å². The SMILES string of the molecule is CN(CC1Cc2ccccc2CO1)C(=O)c1cccc(-n2cnnn2)c1. The summed E-state index contributed by atoms with van der Waals surface area (Å²) in [6, 6.07) is 15.5. The molecule has 0 bridgehead atoms. The Morgan fingerprint density at radius 2 is 2.08 bits per heavy atom. The first-order valence-electron chi connectivity index (χ1n) is 8.48. The van der Waals surface area contributed by atoms with E-state index in [0.29, 0.717) is 18.7 Å². The van der Waals surface area contributed by atoms with Gasteiger partial charge in [0.25, 0.3) is 5.91 Å². The summed E-state index contributed by atoms with van der Waals surface area (Å²) in [5, 5.41) is 11.1. The number of carbonyl (C=O) groups excluding carboxylic acids is 1. The summed E-state index contributed by atoms with van der Waals surface area (Å²) in [6.07, 6.45) is 2.32. The Morgan fingerprint density at radius 3 is 2.88 bits per heavy atom. The van der Waals surface area contributed by atoms with Crippen molar-refractivity contribution in [1.29, 1.82) is 0 Å². The lowest BCUT2D eigenvalue weighted by atomic mass is 9.99. The lowest BCUT2D eigenvalue weighted by Crippen LogP contribution is -2.38. The molecule has 2 aromatic carbocycles. The van der Waals surface area contributed by atoms with Crippen LogP contribution in [0.25, 0.3) is 5.69 Å². The number of fused-ring (bicyclic) bond motifs is 1. The summed E-state index contributed by atoms with van der Waals surface area (Å²) < 4.78 is 7.44. The Labute approximate surface area is 151 Å². The quantitative estimate of drug-likeness (QED) is 0.719. The first-order valence-corrected chi connectivity index (χ1v) is 8.48. The van der Waals surface area contributed by atoms with Crippen LogP contribution in [0.3, 0.4) is 0 Å². The zero-order valence-corrected chi connectivity index (χ0v) is 14.4. The normalized spacial score (nSPS) is 16.1. The maximum atomic E-state index is 12.8. The van der Waals surface area contributed by atoms with E-state index in [2.05, 4.69) is 27.7 Å². The number of nitrogens with zero attached hydrogens (tertiary/aromatic N) is 5. The maximum Gasteiger partial charge on any atom is 0.253 e. The Morgan fingerprint density at radius 1 is 1.23 bits per heavy atom. The smallest absolute Gasteiger partial charge is 0.253 e. The van der Waals surface area contributed by atoms with Gasteiger partial charge in [-0.25, -0.2) is 4.68 Å². The first-order chi connectivity index (χ1) is 12.7. The van der Waals surface area contributed by atoms with E-state index in [1.165, 1.54) is 22.1 Å². The minimum atomic E-state index is -0.0533. The lowest BCUT2D eigenvalue weighted by molar-refractivity contribution is 0.00985. The number of amides is 1. The molecule has 0 aliphatic carbocycles. The van der Waals surface area contributed by atoms with Crippen molar-refractivity contribution in [2.45, 2.75) is 19.1 Å². The van der Waals surface area contributed by atoms with Crippen molar-refractivity contribution >= 4 is 5.91 Å². The number of likely N-dealkylation sites (N-methyl/N-ethyl adjacent to an activating group) is 1. The maximum absolute atomic E-state index is 12.8. The number of ether oxygens (including phenoxy) is 1. The average molecular weight is 349 g/mol. The number of aromatic nitrogens is 4. The molecule has 1 atom stereocenters. The highest BCUT2D eigenvalue weighted by Gasteiger charge is 2.22. The molecule has 0 fully saturated rings. The highest BCUT2D eigenvalue weighted by Crippen LogP contribution is 2.21. The van der Waals surface area contributed by atoms with Crippen LogP contribution in [0.5, 0.6) is 0 Å². The molecule has 0 radical (unpaired) electrons. The molecule has 7 heteroatoms. The topological polar surface area (TPSA) is 73.1 Å². The second kappa shape index (κ2) is 7.05. The third-order valence-corrected chi connectivity index (χ3v) is 4.57. The van der Waals surface area contributed by atoms with E-state index in [9.17, 15) is 4.79 Å². The largest absolute Gasteiger partial charge is 0.371 e. The Hall–Kier alpha value is -3.06. The number of carbonyl (C=O) groups is 1. The third-order valence-electron chi connectivity index (χ3n) is 4.57. The zero-order valence-electron chi connectivity index (χ0n) is 14.4. The van der Waals surface area contributed by atoms with E-state index >= 15 is 0 Å². The summed E-state index contributed by atoms with van der Waals surface area (Å²) in [5.41, 5.74) is 3.87. The molecule has 7 nitrogen and oxygen atoms in total. The van der Waals surface area contributed by atoms with Crippen LogP contribution in [0.1, 0.15) is 21.5 Å². The van der Waals surface area contributed by atoms with Crippen molar-refractivity contribution in [2.75, 3.05) is 13.6 Å². The van der Waals surface area contributed by atoms with Gasteiger partial charge in [-0.3, -0.25) is 4.79 Å². The highest BCUT2D eigenvalue weighted by molar-refractivity contribution is 5.94. The van der Waals surface area contributed by atoms with Gasteiger partial charge in [0.2, 0.25) is 0 Å². The number of tetrazole rings is 1. The fourth-order valence-corrected chi connectivity index (χ4v) is 3.20. The third kappa shape index (κ3) is 3.34. The summed E-state index contributed by atoms with van der Waals surface area (Å²) in [4.78, 5) is 14.5. The molecule has 4 rings (SSSR count). The standard InChI is InChI=1S/C19H19N5O2/c1-23(11-18-10-14-5-2-3-6-16(14)12-26-18)19(25)15-7-4-8-17(9-15)24-13-20-21-22-24/h2-9,13,18H,10-12H2,1H3. The van der Waals surface area contributed by atoms with Crippen LogP contribution >= 0.6 is 0 Å².